The minimum absolute atomic E-state index is 0.496. The van der Waals surface area contributed by atoms with Crippen molar-refractivity contribution in [3.63, 3.8) is 0 Å². The number of carboxylic acids is 1. The number of hydrogen-bond acceptors (Lipinski definition) is 4. The SMILES string of the molecule is CC(NCC1CC1)(C(=O)O)c1ccc2c(c1)OCCO2. The molecule has 0 saturated heterocycles. The van der Waals surface area contributed by atoms with Crippen LogP contribution in [0.4, 0.5) is 0 Å². The Labute approximate surface area is 117 Å². The van der Waals surface area contributed by atoms with Crippen molar-refractivity contribution in [2.45, 2.75) is 25.3 Å². The van der Waals surface area contributed by atoms with Gasteiger partial charge in [0, 0.05) is 0 Å². The van der Waals surface area contributed by atoms with Gasteiger partial charge in [-0.2, -0.15) is 0 Å². The lowest BCUT2D eigenvalue weighted by Gasteiger charge is -2.28. The van der Waals surface area contributed by atoms with E-state index in [9.17, 15) is 9.90 Å². The monoisotopic (exact) mass is 277 g/mol. The maximum atomic E-state index is 11.7. The average Bonchev–Trinajstić information content (AvgIpc) is 3.28. The molecule has 2 aliphatic rings. The number of ether oxygens (including phenoxy) is 2. The lowest BCUT2D eigenvalue weighted by Crippen LogP contribution is -2.47. The molecule has 5 nitrogen and oxygen atoms in total. The molecule has 0 amide bonds. The van der Waals surface area contributed by atoms with Crippen molar-refractivity contribution in [3.05, 3.63) is 23.8 Å². The van der Waals surface area contributed by atoms with Gasteiger partial charge in [0.15, 0.2) is 11.5 Å². The Kier molecular flexibility index (Phi) is 3.30. The van der Waals surface area contributed by atoms with Crippen LogP contribution in [0.2, 0.25) is 0 Å². The maximum Gasteiger partial charge on any atom is 0.328 e. The number of aliphatic carboxylic acids is 1. The Hall–Kier alpha value is -1.75. The minimum atomic E-state index is -1.10. The van der Waals surface area contributed by atoms with E-state index >= 15 is 0 Å². The van der Waals surface area contributed by atoms with Gasteiger partial charge >= 0.3 is 5.97 Å². The molecule has 1 aliphatic carbocycles. The first kappa shape index (κ1) is 13.2. The van der Waals surface area contributed by atoms with Gasteiger partial charge in [0.2, 0.25) is 0 Å². The molecule has 1 aliphatic heterocycles. The molecule has 1 aromatic carbocycles. The highest BCUT2D eigenvalue weighted by Gasteiger charge is 2.37. The Balaban J connectivity index is 1.87. The molecule has 0 radical (unpaired) electrons. The normalized spacial score (nSPS) is 20.2. The zero-order chi connectivity index (χ0) is 14.2. The van der Waals surface area contributed by atoms with Crippen molar-refractivity contribution >= 4 is 5.97 Å². The van der Waals surface area contributed by atoms with Crippen LogP contribution in [0.15, 0.2) is 18.2 Å². The molecular weight excluding hydrogens is 258 g/mol. The van der Waals surface area contributed by atoms with Crippen LogP contribution < -0.4 is 14.8 Å². The van der Waals surface area contributed by atoms with Crippen LogP contribution in [0.1, 0.15) is 25.3 Å². The van der Waals surface area contributed by atoms with Crippen molar-refractivity contribution in [2.24, 2.45) is 5.92 Å². The quantitative estimate of drug-likeness (QED) is 0.858. The fraction of sp³-hybridized carbons (Fsp3) is 0.533. The first-order valence-corrected chi connectivity index (χ1v) is 6.98. The van der Waals surface area contributed by atoms with Crippen LogP contribution in [0.3, 0.4) is 0 Å². The van der Waals surface area contributed by atoms with Gasteiger partial charge in [-0.15, -0.1) is 0 Å². The minimum Gasteiger partial charge on any atom is -0.486 e. The van der Waals surface area contributed by atoms with E-state index in [4.69, 9.17) is 9.47 Å². The van der Waals surface area contributed by atoms with Crippen LogP contribution in [0.25, 0.3) is 0 Å². The summed E-state index contributed by atoms with van der Waals surface area (Å²) in [6, 6.07) is 5.34. The third-order valence-corrected chi connectivity index (χ3v) is 3.99. The molecule has 5 heteroatoms. The second-order valence-corrected chi connectivity index (χ2v) is 5.61. The molecule has 0 aromatic heterocycles. The lowest BCUT2D eigenvalue weighted by atomic mass is 9.91. The highest BCUT2D eigenvalue weighted by Crippen LogP contribution is 2.35. The Morgan fingerprint density at radius 3 is 2.70 bits per heavy atom. The fourth-order valence-electron chi connectivity index (χ4n) is 2.33. The summed E-state index contributed by atoms with van der Waals surface area (Å²) in [6.45, 7) is 3.46. The van der Waals surface area contributed by atoms with E-state index in [-0.39, 0.29) is 0 Å². The fourth-order valence-corrected chi connectivity index (χ4v) is 2.33. The molecular formula is C15H19NO4. The largest absolute Gasteiger partial charge is 0.486 e. The number of benzene rings is 1. The van der Waals surface area contributed by atoms with Crippen LogP contribution in [-0.4, -0.2) is 30.8 Å². The molecule has 1 aromatic rings. The zero-order valence-electron chi connectivity index (χ0n) is 11.5. The van der Waals surface area contributed by atoms with Gasteiger partial charge in [-0.1, -0.05) is 6.07 Å². The number of hydrogen-bond donors (Lipinski definition) is 2. The van der Waals surface area contributed by atoms with Gasteiger partial charge in [-0.3, -0.25) is 5.32 Å². The van der Waals surface area contributed by atoms with E-state index < -0.39 is 11.5 Å². The van der Waals surface area contributed by atoms with Crippen molar-refractivity contribution in [1.82, 2.24) is 5.32 Å². The van der Waals surface area contributed by atoms with Gasteiger partial charge in [0.1, 0.15) is 18.8 Å². The number of nitrogens with one attached hydrogen (secondary N) is 1. The van der Waals surface area contributed by atoms with Gasteiger partial charge < -0.3 is 14.6 Å². The van der Waals surface area contributed by atoms with E-state index in [1.54, 1.807) is 25.1 Å². The predicted molar refractivity (Wildman–Crippen MR) is 73.1 cm³/mol. The second-order valence-electron chi connectivity index (χ2n) is 5.61. The van der Waals surface area contributed by atoms with Crippen molar-refractivity contribution in [3.8, 4) is 11.5 Å². The number of carbonyl (C=O) groups is 1. The molecule has 1 heterocycles. The zero-order valence-corrected chi connectivity index (χ0v) is 11.5. The van der Waals surface area contributed by atoms with Crippen LogP contribution in [-0.2, 0) is 10.3 Å². The third kappa shape index (κ3) is 2.45. The summed E-state index contributed by atoms with van der Waals surface area (Å²) in [6.07, 6.45) is 2.37. The first-order chi connectivity index (χ1) is 9.59. The Bertz CT molecular complexity index is 527. The van der Waals surface area contributed by atoms with Crippen LogP contribution >= 0.6 is 0 Å². The van der Waals surface area contributed by atoms with Crippen molar-refractivity contribution < 1.29 is 19.4 Å². The summed E-state index contributed by atoms with van der Waals surface area (Å²) < 4.78 is 11.0. The molecule has 2 N–H and O–H groups in total. The van der Waals surface area contributed by atoms with Gasteiger partial charge in [0.05, 0.1) is 0 Å². The number of fused-ring (bicyclic) bond motifs is 1. The molecule has 1 unspecified atom stereocenters. The molecule has 0 spiro atoms. The summed E-state index contributed by atoms with van der Waals surface area (Å²) in [5.74, 6) is 1.03. The van der Waals surface area contributed by atoms with E-state index in [1.165, 1.54) is 12.8 Å². The summed E-state index contributed by atoms with van der Waals surface area (Å²) in [4.78, 5) is 11.7. The Morgan fingerprint density at radius 2 is 2.05 bits per heavy atom. The predicted octanol–water partition coefficient (Wildman–Crippen LogP) is 1.76. The maximum absolute atomic E-state index is 11.7. The topological polar surface area (TPSA) is 67.8 Å². The molecule has 0 bridgehead atoms. The third-order valence-electron chi connectivity index (χ3n) is 3.99. The molecule has 20 heavy (non-hydrogen) atoms. The van der Waals surface area contributed by atoms with Crippen LogP contribution in [0.5, 0.6) is 11.5 Å². The van der Waals surface area contributed by atoms with E-state index in [0.29, 0.717) is 36.2 Å². The highest BCUT2D eigenvalue weighted by molar-refractivity contribution is 5.80. The Morgan fingerprint density at radius 1 is 1.35 bits per heavy atom. The first-order valence-electron chi connectivity index (χ1n) is 6.98. The van der Waals surface area contributed by atoms with E-state index in [1.807, 2.05) is 0 Å². The smallest absolute Gasteiger partial charge is 0.328 e. The lowest BCUT2D eigenvalue weighted by molar-refractivity contribution is -0.144. The standard InChI is InChI=1S/C15H19NO4/c1-15(14(17)18,16-9-10-2-3-10)11-4-5-12-13(8-11)20-7-6-19-12/h4-5,8,10,16H,2-3,6-7,9H2,1H3,(H,17,18). The van der Waals surface area contributed by atoms with Crippen molar-refractivity contribution in [1.29, 1.82) is 0 Å². The molecule has 3 rings (SSSR count). The highest BCUT2D eigenvalue weighted by atomic mass is 16.6. The molecule has 108 valence electrons. The summed E-state index contributed by atoms with van der Waals surface area (Å²) in [5.41, 5.74) is -0.409. The van der Waals surface area contributed by atoms with E-state index in [2.05, 4.69) is 5.32 Å². The van der Waals surface area contributed by atoms with Gasteiger partial charge in [-0.05, 0) is 49.9 Å². The number of rotatable bonds is 5. The van der Waals surface area contributed by atoms with Gasteiger partial charge in [0.25, 0.3) is 0 Å². The second kappa shape index (κ2) is 4.98. The molecule has 1 saturated carbocycles. The molecule has 1 atom stereocenters. The van der Waals surface area contributed by atoms with Crippen molar-refractivity contribution in [2.75, 3.05) is 19.8 Å². The van der Waals surface area contributed by atoms with E-state index in [0.717, 1.165) is 6.54 Å². The average molecular weight is 277 g/mol. The van der Waals surface area contributed by atoms with Gasteiger partial charge in [-0.25, -0.2) is 4.79 Å². The summed E-state index contributed by atoms with van der Waals surface area (Å²) >= 11 is 0. The summed E-state index contributed by atoms with van der Waals surface area (Å²) in [7, 11) is 0. The summed E-state index contributed by atoms with van der Waals surface area (Å²) in [5, 5.41) is 12.8. The number of carboxylic acid groups (broad SMARTS) is 1. The van der Waals surface area contributed by atoms with Crippen LogP contribution in [0, 0.1) is 5.92 Å². The molecule has 1 fully saturated rings.